The minimum Gasteiger partial charge on any atom is -0.508 e. The molecule has 4 bridgehead atoms. The monoisotopic (exact) mass is 899 g/mol. The number of carbonyl (C=O) groups excluding carboxylic acids is 3. The van der Waals surface area contributed by atoms with Gasteiger partial charge in [-0.15, -0.1) is 11.8 Å². The van der Waals surface area contributed by atoms with Crippen LogP contribution in [0, 0.1) is 47.0 Å². The van der Waals surface area contributed by atoms with E-state index >= 15 is 0 Å². The van der Waals surface area contributed by atoms with Crippen LogP contribution in [0.4, 0.5) is 0 Å². The van der Waals surface area contributed by atoms with Gasteiger partial charge >= 0.3 is 17.9 Å². The molecular weight excluding hydrogens is 825 g/mol. The number of phenols is 1. The predicted molar refractivity (Wildman–Crippen MR) is 240 cm³/mol. The van der Waals surface area contributed by atoms with Crippen molar-refractivity contribution in [3.05, 3.63) is 41.2 Å². The van der Waals surface area contributed by atoms with E-state index in [9.17, 15) is 24.8 Å². The summed E-state index contributed by atoms with van der Waals surface area (Å²) < 4.78 is 38.9. The summed E-state index contributed by atoms with van der Waals surface area (Å²) in [5.74, 6) is 1.26. The Hall–Kier alpha value is -3.40. The molecule has 1 aromatic carbocycles. The predicted octanol–water partition coefficient (Wildman–Crippen LogP) is 9.55. The fraction of sp³-hybridized carbons (Fsp3) is 0.776. The standard InChI is InChI=1S/C49H74N2O11S/c1-10-47(6,51-8)19-17-44(54)61-25-23-59-35(4)57-21-20-56-34(3)58-22-24-60-43(53)16-18-46(5,33-50)31-39(38-12-14-42(52)15-13-38)32-48(7,63-9)45(55)62-49(11-2)40-27-36-26-37(29-40)30-41(49)28-36/h12-15,34-37,39-41,52H,10-11,16-32H2,1-7,9H3. The topological polar surface area (TPSA) is 164 Å². The maximum atomic E-state index is 14.4. The molecule has 0 heterocycles. The molecule has 0 aliphatic heterocycles. The Morgan fingerprint density at radius 3 is 1.76 bits per heavy atom. The van der Waals surface area contributed by atoms with Gasteiger partial charge in [-0.2, -0.15) is 5.26 Å². The number of aromatic hydroxyl groups is 1. The van der Waals surface area contributed by atoms with Crippen molar-refractivity contribution in [3.63, 3.8) is 0 Å². The number of esters is 3. The Kier molecular flexibility index (Phi) is 20.1. The number of phenolic OH excluding ortho intramolecular Hbond substituents is 1. The van der Waals surface area contributed by atoms with Crippen molar-refractivity contribution >= 4 is 29.7 Å². The summed E-state index contributed by atoms with van der Waals surface area (Å²) in [7, 11) is 0. The van der Waals surface area contributed by atoms with E-state index in [1.165, 1.54) is 18.2 Å². The number of hydrogen-bond donors (Lipinski definition) is 1. The second-order valence-corrected chi connectivity index (χ2v) is 20.1. The van der Waals surface area contributed by atoms with Crippen LogP contribution in [0.15, 0.2) is 24.3 Å². The first-order valence-electron chi connectivity index (χ1n) is 23.1. The van der Waals surface area contributed by atoms with E-state index in [0.29, 0.717) is 37.5 Å². The van der Waals surface area contributed by atoms with Crippen molar-refractivity contribution in [2.45, 2.75) is 166 Å². The molecule has 0 aromatic heterocycles. The fourth-order valence-corrected chi connectivity index (χ4v) is 10.6. The van der Waals surface area contributed by atoms with Gasteiger partial charge < -0.3 is 43.1 Å². The number of nitrogens with zero attached hydrogens (tertiary/aromatic N) is 2. The Morgan fingerprint density at radius 2 is 1.32 bits per heavy atom. The average molecular weight is 899 g/mol. The first-order chi connectivity index (χ1) is 29.9. The molecule has 0 radical (unpaired) electrons. The van der Waals surface area contributed by atoms with E-state index < -0.39 is 39.9 Å². The van der Waals surface area contributed by atoms with Gasteiger partial charge in [0, 0.05) is 26.2 Å². The van der Waals surface area contributed by atoms with E-state index in [1.807, 2.05) is 46.1 Å². The Bertz CT molecular complexity index is 1690. The molecule has 4 aliphatic rings. The average Bonchev–Trinajstić information content (AvgIpc) is 3.27. The van der Waals surface area contributed by atoms with Gasteiger partial charge in [-0.05, 0) is 139 Å². The van der Waals surface area contributed by atoms with Gasteiger partial charge in [0.15, 0.2) is 12.6 Å². The van der Waals surface area contributed by atoms with E-state index in [1.54, 1.807) is 26.0 Å². The molecule has 5 rings (SSSR count). The van der Waals surface area contributed by atoms with E-state index in [0.717, 1.165) is 49.5 Å². The lowest BCUT2D eigenvalue weighted by atomic mass is 9.49. The maximum Gasteiger partial charge on any atom is 0.322 e. The summed E-state index contributed by atoms with van der Waals surface area (Å²) in [5, 5.41) is 20.6. The zero-order valence-electron chi connectivity index (χ0n) is 39.1. The van der Waals surface area contributed by atoms with Crippen LogP contribution in [-0.2, 0) is 47.5 Å². The van der Waals surface area contributed by atoms with Crippen molar-refractivity contribution in [1.82, 2.24) is 0 Å². The number of carbonyl (C=O) groups is 3. The Balaban J connectivity index is 1.17. The van der Waals surface area contributed by atoms with Gasteiger partial charge in [0.2, 0.25) is 5.54 Å². The lowest BCUT2D eigenvalue weighted by molar-refractivity contribution is -0.212. The number of benzene rings is 1. The number of ether oxygens (including phenoxy) is 7. The second kappa shape index (κ2) is 24.2. The molecule has 0 amide bonds. The highest BCUT2D eigenvalue weighted by Gasteiger charge is 2.59. The lowest BCUT2D eigenvalue weighted by Crippen LogP contribution is -2.60. The number of hydrogen-bond acceptors (Lipinski definition) is 13. The van der Waals surface area contributed by atoms with Crippen LogP contribution < -0.4 is 0 Å². The number of nitriles is 1. The van der Waals surface area contributed by atoms with Crippen LogP contribution in [0.1, 0.15) is 143 Å². The molecule has 14 heteroatoms. The van der Waals surface area contributed by atoms with E-state index in [-0.39, 0.29) is 82.5 Å². The number of thioether (sulfide) groups is 1. The molecule has 4 saturated carbocycles. The third-order valence-electron chi connectivity index (χ3n) is 14.2. The van der Waals surface area contributed by atoms with E-state index in [4.69, 9.17) is 39.7 Å². The van der Waals surface area contributed by atoms with E-state index in [2.05, 4.69) is 17.8 Å². The molecule has 1 aromatic rings. The lowest BCUT2D eigenvalue weighted by Gasteiger charge is -2.60. The third kappa shape index (κ3) is 15.1. The molecule has 4 aliphatic carbocycles. The molecule has 0 saturated heterocycles. The summed E-state index contributed by atoms with van der Waals surface area (Å²) in [6, 6.07) is 9.44. The van der Waals surface area contributed by atoms with Crippen LogP contribution in [0.25, 0.3) is 4.85 Å². The summed E-state index contributed by atoms with van der Waals surface area (Å²) in [6.45, 7) is 21.4. The van der Waals surface area contributed by atoms with Gasteiger partial charge in [-0.3, -0.25) is 14.4 Å². The first-order valence-corrected chi connectivity index (χ1v) is 24.3. The van der Waals surface area contributed by atoms with Crippen LogP contribution >= 0.6 is 11.8 Å². The molecule has 0 spiro atoms. The minimum atomic E-state index is -0.912. The highest BCUT2D eigenvalue weighted by molar-refractivity contribution is 8.00. The number of rotatable bonds is 29. The highest BCUT2D eigenvalue weighted by Crippen LogP contribution is 2.61. The largest absolute Gasteiger partial charge is 0.508 e. The van der Waals surface area contributed by atoms with Crippen molar-refractivity contribution in [2.24, 2.45) is 29.1 Å². The van der Waals surface area contributed by atoms with Crippen molar-refractivity contribution in [3.8, 4) is 11.8 Å². The Morgan fingerprint density at radius 1 is 0.825 bits per heavy atom. The van der Waals surface area contributed by atoms with Gasteiger partial charge in [-0.1, -0.05) is 26.0 Å². The quantitative estimate of drug-likeness (QED) is 0.0266. The minimum absolute atomic E-state index is 0.0197. The second-order valence-electron chi connectivity index (χ2n) is 18.8. The maximum absolute atomic E-state index is 14.4. The van der Waals surface area contributed by atoms with Crippen LogP contribution in [0.2, 0.25) is 0 Å². The van der Waals surface area contributed by atoms with Gasteiger partial charge in [-0.25, -0.2) is 6.57 Å². The SMILES string of the molecule is [C-]#[N+]C(C)(CC)CCC(=O)OCCOC(C)OCCOC(C)OCCOC(=O)CCC(C)(C#N)CC(CC(C)(SC)C(=O)OC1(CC)C2CC3CC(C2)CC1C3)c1ccc(O)cc1. The fourth-order valence-electron chi connectivity index (χ4n) is 10.1. The summed E-state index contributed by atoms with van der Waals surface area (Å²) in [6.07, 6.45) is 10.00. The summed E-state index contributed by atoms with van der Waals surface area (Å²) in [4.78, 5) is 42.9. The van der Waals surface area contributed by atoms with Crippen molar-refractivity contribution < 1.29 is 52.6 Å². The molecule has 63 heavy (non-hydrogen) atoms. The van der Waals surface area contributed by atoms with Gasteiger partial charge in [0.25, 0.3) is 0 Å². The molecular formula is C49H74N2O11S. The zero-order chi connectivity index (χ0) is 46.3. The van der Waals surface area contributed by atoms with Crippen LogP contribution in [0.3, 0.4) is 0 Å². The van der Waals surface area contributed by atoms with Crippen molar-refractivity contribution in [2.75, 3.05) is 45.9 Å². The zero-order valence-corrected chi connectivity index (χ0v) is 39.9. The molecule has 4 fully saturated rings. The highest BCUT2D eigenvalue weighted by atomic mass is 32.2. The molecule has 6 unspecified atom stereocenters. The van der Waals surface area contributed by atoms with Crippen LogP contribution in [-0.4, -0.2) is 97.4 Å². The smallest absolute Gasteiger partial charge is 0.322 e. The van der Waals surface area contributed by atoms with Gasteiger partial charge in [0.05, 0.1) is 44.3 Å². The molecule has 13 nitrogen and oxygen atoms in total. The normalized spacial score (nSPS) is 25.6. The first kappa shape index (κ1) is 52.2. The van der Waals surface area contributed by atoms with Crippen LogP contribution in [0.5, 0.6) is 5.75 Å². The van der Waals surface area contributed by atoms with Crippen molar-refractivity contribution in [1.29, 1.82) is 5.26 Å². The molecule has 6 atom stereocenters. The third-order valence-corrected chi connectivity index (χ3v) is 15.4. The summed E-state index contributed by atoms with van der Waals surface area (Å²) >= 11 is 1.49. The Labute approximate surface area is 380 Å². The van der Waals surface area contributed by atoms with Gasteiger partial charge in [0.1, 0.15) is 29.3 Å². The summed E-state index contributed by atoms with van der Waals surface area (Å²) in [5.41, 5.74) is -0.969. The molecule has 1 N–H and O–H groups in total. The molecule has 352 valence electrons.